The quantitative estimate of drug-likeness (QED) is 0.614. The summed E-state index contributed by atoms with van der Waals surface area (Å²) in [4.78, 5) is 45.7. The Balaban J connectivity index is 1.32. The zero-order valence-electron chi connectivity index (χ0n) is 17.6. The smallest absolute Gasteiger partial charge is 0.262 e. The Morgan fingerprint density at radius 2 is 1.97 bits per heavy atom. The van der Waals surface area contributed by atoms with E-state index in [1.165, 1.54) is 15.8 Å². The first kappa shape index (κ1) is 21.2. The number of hydrogen-bond acceptors (Lipinski definition) is 5. The molecule has 0 saturated carbocycles. The molecule has 7 nitrogen and oxygen atoms in total. The Morgan fingerprint density at radius 1 is 1.19 bits per heavy atom. The van der Waals surface area contributed by atoms with Crippen molar-refractivity contribution in [1.29, 1.82) is 0 Å². The summed E-state index contributed by atoms with van der Waals surface area (Å²) >= 11 is 1.59. The molecule has 1 aromatic carbocycles. The number of benzene rings is 1. The van der Waals surface area contributed by atoms with Crippen molar-refractivity contribution in [1.82, 2.24) is 19.8 Å². The number of aryl methyl sites for hydroxylation is 2. The molecule has 0 unspecified atom stereocenters. The molecule has 2 heterocycles. The molecular weight excluding hydrogens is 412 g/mol. The van der Waals surface area contributed by atoms with E-state index >= 15 is 0 Å². The molecule has 31 heavy (non-hydrogen) atoms. The zero-order valence-corrected chi connectivity index (χ0v) is 18.4. The number of fused-ring (bicyclic) bond motifs is 3. The molecule has 0 fully saturated rings. The number of nitrogens with one attached hydrogen (secondary N) is 1. The molecule has 0 aliphatic heterocycles. The predicted molar refractivity (Wildman–Crippen MR) is 121 cm³/mol. The van der Waals surface area contributed by atoms with Crippen LogP contribution in [0.15, 0.2) is 41.5 Å². The van der Waals surface area contributed by atoms with E-state index in [0.717, 1.165) is 41.6 Å². The molecule has 4 rings (SSSR count). The maximum absolute atomic E-state index is 12.9. The second kappa shape index (κ2) is 9.43. The van der Waals surface area contributed by atoms with Crippen molar-refractivity contribution in [3.05, 3.63) is 63.0 Å². The monoisotopic (exact) mass is 438 g/mol. The Kier molecular flexibility index (Phi) is 6.46. The molecule has 3 aromatic rings. The van der Waals surface area contributed by atoms with Gasteiger partial charge in [0.15, 0.2) is 0 Å². The third kappa shape index (κ3) is 4.85. The van der Waals surface area contributed by atoms with Gasteiger partial charge in [-0.1, -0.05) is 30.3 Å². The number of aromatic nitrogens is 2. The van der Waals surface area contributed by atoms with Crippen LogP contribution in [0.25, 0.3) is 10.2 Å². The molecule has 2 aromatic heterocycles. The van der Waals surface area contributed by atoms with Crippen molar-refractivity contribution in [2.24, 2.45) is 0 Å². The Morgan fingerprint density at radius 3 is 2.77 bits per heavy atom. The van der Waals surface area contributed by atoms with E-state index in [-0.39, 0.29) is 36.9 Å². The maximum atomic E-state index is 12.9. The molecule has 0 atom stereocenters. The van der Waals surface area contributed by atoms with Gasteiger partial charge in [-0.05, 0) is 36.8 Å². The molecule has 1 aliphatic carbocycles. The lowest BCUT2D eigenvalue weighted by Crippen LogP contribution is -2.35. The third-order valence-corrected chi connectivity index (χ3v) is 6.80. The topological polar surface area (TPSA) is 84.3 Å². The maximum Gasteiger partial charge on any atom is 0.262 e. The van der Waals surface area contributed by atoms with Gasteiger partial charge in [0.1, 0.15) is 11.4 Å². The summed E-state index contributed by atoms with van der Waals surface area (Å²) in [6.45, 7) is 0.662. The van der Waals surface area contributed by atoms with E-state index in [9.17, 15) is 14.4 Å². The first-order valence-corrected chi connectivity index (χ1v) is 11.4. The van der Waals surface area contributed by atoms with Gasteiger partial charge >= 0.3 is 0 Å². The van der Waals surface area contributed by atoms with Crippen LogP contribution in [0.5, 0.6) is 0 Å². The van der Waals surface area contributed by atoms with Crippen LogP contribution in [0.1, 0.15) is 35.3 Å². The first-order valence-electron chi connectivity index (χ1n) is 10.6. The first-order chi connectivity index (χ1) is 15.0. The fraction of sp³-hybridized carbons (Fsp3) is 0.391. The van der Waals surface area contributed by atoms with Gasteiger partial charge in [-0.2, -0.15) is 0 Å². The van der Waals surface area contributed by atoms with Gasteiger partial charge in [-0.25, -0.2) is 4.98 Å². The van der Waals surface area contributed by atoms with Crippen LogP contribution >= 0.6 is 11.3 Å². The van der Waals surface area contributed by atoms with Crippen molar-refractivity contribution in [2.45, 2.75) is 45.2 Å². The summed E-state index contributed by atoms with van der Waals surface area (Å²) < 4.78 is 1.36. The van der Waals surface area contributed by atoms with Gasteiger partial charge in [0.25, 0.3) is 5.56 Å². The van der Waals surface area contributed by atoms with Crippen LogP contribution in [0.2, 0.25) is 0 Å². The van der Waals surface area contributed by atoms with E-state index in [0.29, 0.717) is 11.9 Å². The van der Waals surface area contributed by atoms with Gasteiger partial charge in [0, 0.05) is 31.4 Å². The molecule has 162 valence electrons. The van der Waals surface area contributed by atoms with Gasteiger partial charge in [0.05, 0.1) is 11.7 Å². The van der Waals surface area contributed by atoms with Crippen LogP contribution < -0.4 is 10.9 Å². The van der Waals surface area contributed by atoms with E-state index in [2.05, 4.69) is 10.3 Å². The second-order valence-electron chi connectivity index (χ2n) is 7.90. The van der Waals surface area contributed by atoms with Crippen molar-refractivity contribution in [3.8, 4) is 0 Å². The molecule has 1 aliphatic rings. The highest BCUT2D eigenvalue weighted by Gasteiger charge is 2.20. The number of carbonyl (C=O) groups is 2. The number of nitrogens with zero attached hydrogens (tertiary/aromatic N) is 3. The summed E-state index contributed by atoms with van der Waals surface area (Å²) in [6.07, 6.45) is 5.80. The SMILES string of the molecule is CN(Cc1ccccc1)C(=O)CCNC(=O)Cn1cnc2sc3c(c2c1=O)CCCC3. The van der Waals surface area contributed by atoms with Crippen molar-refractivity contribution in [3.63, 3.8) is 0 Å². The second-order valence-corrected chi connectivity index (χ2v) is 8.99. The van der Waals surface area contributed by atoms with Crippen LogP contribution in [-0.4, -0.2) is 39.9 Å². The molecule has 0 bridgehead atoms. The van der Waals surface area contributed by atoms with Gasteiger partial charge < -0.3 is 10.2 Å². The summed E-state index contributed by atoms with van der Waals surface area (Å²) in [5.41, 5.74) is 2.02. The Labute approximate surface area is 184 Å². The predicted octanol–water partition coefficient (Wildman–Crippen LogP) is 2.50. The summed E-state index contributed by atoms with van der Waals surface area (Å²) in [5.74, 6) is -0.347. The summed E-state index contributed by atoms with van der Waals surface area (Å²) in [5, 5.41) is 3.41. The Bertz CT molecular complexity index is 1150. The number of rotatable bonds is 7. The van der Waals surface area contributed by atoms with Crippen LogP contribution in [0, 0.1) is 0 Å². The normalized spacial score (nSPS) is 13.1. The van der Waals surface area contributed by atoms with Gasteiger partial charge in [0.2, 0.25) is 11.8 Å². The van der Waals surface area contributed by atoms with Crippen molar-refractivity contribution >= 4 is 33.4 Å². The minimum atomic E-state index is -0.300. The van der Waals surface area contributed by atoms with Crippen molar-refractivity contribution < 1.29 is 9.59 Å². The van der Waals surface area contributed by atoms with Crippen LogP contribution in [0.3, 0.4) is 0 Å². The highest BCUT2D eigenvalue weighted by Crippen LogP contribution is 2.33. The van der Waals surface area contributed by atoms with E-state index in [4.69, 9.17) is 0 Å². The number of amides is 2. The lowest BCUT2D eigenvalue weighted by Gasteiger charge is -2.17. The van der Waals surface area contributed by atoms with Crippen LogP contribution in [0.4, 0.5) is 0 Å². The fourth-order valence-electron chi connectivity index (χ4n) is 3.95. The minimum Gasteiger partial charge on any atom is -0.354 e. The highest BCUT2D eigenvalue weighted by molar-refractivity contribution is 7.18. The van der Waals surface area contributed by atoms with Gasteiger partial charge in [-0.3, -0.25) is 19.0 Å². The minimum absolute atomic E-state index is 0.0469. The molecule has 0 spiro atoms. The lowest BCUT2D eigenvalue weighted by atomic mass is 9.97. The Hall–Kier alpha value is -3.00. The fourth-order valence-corrected chi connectivity index (χ4v) is 5.17. The third-order valence-electron chi connectivity index (χ3n) is 5.61. The van der Waals surface area contributed by atoms with E-state index in [1.807, 2.05) is 30.3 Å². The number of carbonyl (C=O) groups excluding carboxylic acids is 2. The molecule has 0 radical (unpaired) electrons. The number of hydrogen-bond donors (Lipinski definition) is 1. The molecule has 0 saturated heterocycles. The average molecular weight is 439 g/mol. The molecular formula is C23H26N4O3S. The van der Waals surface area contributed by atoms with Crippen LogP contribution in [-0.2, 0) is 35.5 Å². The lowest BCUT2D eigenvalue weighted by molar-refractivity contribution is -0.130. The average Bonchev–Trinajstić information content (AvgIpc) is 3.15. The van der Waals surface area contributed by atoms with Gasteiger partial charge in [-0.15, -0.1) is 11.3 Å². The van der Waals surface area contributed by atoms with E-state index in [1.54, 1.807) is 23.3 Å². The molecule has 8 heteroatoms. The standard InChI is InChI=1S/C23H26N4O3S/c1-26(13-16-7-3-2-4-8-16)20(29)11-12-24-19(28)14-27-15-25-22-21(23(27)30)17-9-5-6-10-18(17)31-22/h2-4,7-8,15H,5-6,9-14H2,1H3,(H,24,28). The van der Waals surface area contributed by atoms with Crippen molar-refractivity contribution in [2.75, 3.05) is 13.6 Å². The number of thiophene rings is 1. The summed E-state index contributed by atoms with van der Waals surface area (Å²) in [7, 11) is 1.75. The largest absolute Gasteiger partial charge is 0.354 e. The highest BCUT2D eigenvalue weighted by atomic mass is 32.1. The molecule has 1 N–H and O–H groups in total. The van der Waals surface area contributed by atoms with E-state index < -0.39 is 0 Å². The summed E-state index contributed by atoms with van der Waals surface area (Å²) in [6, 6.07) is 9.76. The zero-order chi connectivity index (χ0) is 21.8. The molecule has 2 amide bonds.